The fraction of sp³-hybridized carbons (Fsp3) is 0.200. The molecule has 1 aliphatic rings. The fourth-order valence-corrected chi connectivity index (χ4v) is 7.71. The minimum Gasteiger partial charge on any atom is -0.493 e. The van der Waals surface area contributed by atoms with Crippen molar-refractivity contribution in [2.24, 2.45) is 5.10 Å². The molecule has 39 heavy (non-hydrogen) atoms. The highest BCUT2D eigenvalue weighted by atomic mass is 127. The van der Waals surface area contributed by atoms with Gasteiger partial charge in [0.05, 0.1) is 21.5 Å². The maximum atomic E-state index is 12.2. The van der Waals surface area contributed by atoms with E-state index in [4.69, 9.17) is 14.2 Å². The molecule has 0 bridgehead atoms. The molecule has 0 aromatic heterocycles. The van der Waals surface area contributed by atoms with Crippen molar-refractivity contribution in [3.63, 3.8) is 0 Å². The molecular weight excluding hydrogens is 643 g/mol. The summed E-state index contributed by atoms with van der Waals surface area (Å²) in [5.41, 5.74) is 5.64. The first-order chi connectivity index (χ1) is 19.1. The normalized spacial score (nSPS) is 13.6. The van der Waals surface area contributed by atoms with Gasteiger partial charge in [0, 0.05) is 11.5 Å². The summed E-state index contributed by atoms with van der Waals surface area (Å²) in [5, 5.41) is 6.45. The number of hydrogen-bond acceptors (Lipinski definition) is 7. The predicted molar refractivity (Wildman–Crippen MR) is 169 cm³/mol. The molecule has 0 aliphatic carbocycles. The Bertz CT molecular complexity index is 1470. The molecule has 1 N–H and O–H groups in total. The number of rotatable bonds is 10. The second kappa shape index (κ2) is 13.5. The Morgan fingerprint density at radius 2 is 1.77 bits per heavy atom. The van der Waals surface area contributed by atoms with E-state index in [1.165, 1.54) is 27.8 Å². The van der Waals surface area contributed by atoms with E-state index in [2.05, 4.69) is 75.6 Å². The van der Waals surface area contributed by atoms with Crippen molar-refractivity contribution in [1.82, 2.24) is 5.43 Å². The maximum absolute atomic E-state index is 12.2. The minimum atomic E-state index is -0.339. The lowest BCUT2D eigenvalue weighted by molar-refractivity contribution is -0.123. The van der Waals surface area contributed by atoms with Crippen LogP contribution in [-0.4, -0.2) is 37.3 Å². The lowest BCUT2D eigenvalue weighted by Crippen LogP contribution is -2.24. The molecule has 1 aliphatic heterocycles. The predicted octanol–water partition coefficient (Wildman–Crippen LogP) is 7.04. The van der Waals surface area contributed by atoms with Crippen LogP contribution in [0.3, 0.4) is 0 Å². The zero-order valence-electron chi connectivity index (χ0n) is 21.3. The van der Waals surface area contributed by atoms with Crippen molar-refractivity contribution < 1.29 is 19.0 Å². The van der Waals surface area contributed by atoms with E-state index < -0.39 is 0 Å². The Kier molecular flexibility index (Phi) is 9.54. The number of fused-ring (bicyclic) bond motifs is 1. The first kappa shape index (κ1) is 27.7. The third-order valence-corrected chi connectivity index (χ3v) is 9.90. The number of thioether (sulfide) groups is 2. The van der Waals surface area contributed by atoms with Crippen LogP contribution >= 0.6 is 46.1 Å². The summed E-state index contributed by atoms with van der Waals surface area (Å²) >= 11 is 6.13. The van der Waals surface area contributed by atoms with Crippen molar-refractivity contribution in [2.45, 2.75) is 11.2 Å². The Balaban J connectivity index is 1.14. The lowest BCUT2D eigenvalue weighted by atomic mass is 10.1. The third kappa shape index (κ3) is 7.40. The van der Waals surface area contributed by atoms with Crippen LogP contribution < -0.4 is 19.6 Å². The molecule has 0 saturated carbocycles. The number of nitrogens with zero attached hydrogens (tertiary/aromatic N) is 1. The van der Waals surface area contributed by atoms with Gasteiger partial charge in [-0.2, -0.15) is 5.10 Å². The van der Waals surface area contributed by atoms with Gasteiger partial charge >= 0.3 is 0 Å². The van der Waals surface area contributed by atoms with E-state index in [0.717, 1.165) is 14.7 Å². The molecule has 200 valence electrons. The third-order valence-electron chi connectivity index (χ3n) is 6.00. The van der Waals surface area contributed by atoms with E-state index in [-0.39, 0.29) is 12.5 Å². The number of hydrazone groups is 1. The van der Waals surface area contributed by atoms with E-state index in [1.54, 1.807) is 13.3 Å². The standard InChI is InChI=1S/C30H27IN2O4S2/c1-35-27-16-21(15-26(31)29(27)37-18-20-6-7-22-4-2-3-5-24(22)14-20)17-32-33-28(34)19-36-25-10-8-23(9-11-25)30-38-12-13-39-30/h2-11,14-17,30H,12-13,18-19H2,1H3,(H,33,34)/b32-17-. The first-order valence-electron chi connectivity index (χ1n) is 12.3. The number of benzene rings is 4. The number of carbonyl (C=O) groups is 1. The summed E-state index contributed by atoms with van der Waals surface area (Å²) in [4.78, 5) is 12.2. The number of hydrogen-bond donors (Lipinski definition) is 1. The highest BCUT2D eigenvalue weighted by molar-refractivity contribution is 14.1. The average molecular weight is 671 g/mol. The largest absolute Gasteiger partial charge is 0.493 e. The molecule has 0 radical (unpaired) electrons. The molecule has 0 unspecified atom stereocenters. The summed E-state index contributed by atoms with van der Waals surface area (Å²) in [7, 11) is 1.60. The number of methoxy groups -OCH3 is 1. The molecule has 4 aromatic rings. The zero-order valence-corrected chi connectivity index (χ0v) is 25.1. The van der Waals surface area contributed by atoms with E-state index in [0.29, 0.717) is 28.4 Å². The summed E-state index contributed by atoms with van der Waals surface area (Å²) in [6, 6.07) is 26.2. The van der Waals surface area contributed by atoms with Crippen LogP contribution in [0.15, 0.2) is 84.0 Å². The van der Waals surface area contributed by atoms with E-state index in [1.807, 2.05) is 59.9 Å². The Hall–Kier alpha value is -2.89. The number of halogens is 1. The molecular formula is C30H27IN2O4S2. The molecule has 1 saturated heterocycles. The lowest BCUT2D eigenvalue weighted by Gasteiger charge is -2.14. The molecule has 1 heterocycles. The summed E-state index contributed by atoms with van der Waals surface area (Å²) in [6.45, 7) is 0.300. The van der Waals surface area contributed by atoms with Crippen molar-refractivity contribution in [3.8, 4) is 17.2 Å². The first-order valence-corrected chi connectivity index (χ1v) is 15.5. The van der Waals surface area contributed by atoms with Gasteiger partial charge in [-0.25, -0.2) is 5.43 Å². The number of ether oxygens (including phenoxy) is 3. The van der Waals surface area contributed by atoms with Crippen LogP contribution in [0, 0.1) is 3.57 Å². The van der Waals surface area contributed by atoms with Gasteiger partial charge < -0.3 is 14.2 Å². The monoisotopic (exact) mass is 670 g/mol. The smallest absolute Gasteiger partial charge is 0.277 e. The van der Waals surface area contributed by atoms with Crippen molar-refractivity contribution in [1.29, 1.82) is 0 Å². The molecule has 1 amide bonds. The van der Waals surface area contributed by atoms with Gasteiger partial charge in [0.1, 0.15) is 12.4 Å². The summed E-state index contributed by atoms with van der Waals surface area (Å²) < 4.78 is 18.7. The van der Waals surface area contributed by atoms with Gasteiger partial charge in [0.25, 0.3) is 5.91 Å². The fourth-order valence-electron chi connectivity index (χ4n) is 4.07. The maximum Gasteiger partial charge on any atom is 0.277 e. The van der Waals surface area contributed by atoms with Crippen molar-refractivity contribution >= 4 is 69.0 Å². The summed E-state index contributed by atoms with van der Waals surface area (Å²) in [5.74, 6) is 3.95. The Morgan fingerprint density at radius 1 is 1.00 bits per heavy atom. The number of carbonyl (C=O) groups excluding carboxylic acids is 1. The van der Waals surface area contributed by atoms with Gasteiger partial charge in [-0.15, -0.1) is 23.5 Å². The molecule has 5 rings (SSSR count). The molecule has 4 aromatic carbocycles. The molecule has 0 spiro atoms. The van der Waals surface area contributed by atoms with Crippen LogP contribution in [-0.2, 0) is 11.4 Å². The molecule has 6 nitrogen and oxygen atoms in total. The van der Waals surface area contributed by atoms with Crippen LogP contribution in [0.2, 0.25) is 0 Å². The molecule has 1 fully saturated rings. The summed E-state index contributed by atoms with van der Waals surface area (Å²) in [6.07, 6.45) is 1.57. The van der Waals surface area contributed by atoms with Crippen LogP contribution in [0.4, 0.5) is 0 Å². The highest BCUT2D eigenvalue weighted by Crippen LogP contribution is 2.45. The SMILES string of the molecule is COc1cc(/C=N\NC(=O)COc2ccc(C3SCCS3)cc2)cc(I)c1OCc1ccc2ccccc2c1. The van der Waals surface area contributed by atoms with E-state index >= 15 is 0 Å². The number of nitrogens with one attached hydrogen (secondary N) is 1. The van der Waals surface area contributed by atoms with Crippen molar-refractivity contribution in [3.05, 3.63) is 99.1 Å². The number of amides is 1. The van der Waals surface area contributed by atoms with Crippen LogP contribution in [0.5, 0.6) is 17.2 Å². The van der Waals surface area contributed by atoms with Gasteiger partial charge in [-0.1, -0.05) is 48.5 Å². The zero-order chi connectivity index (χ0) is 27.0. The molecule has 0 atom stereocenters. The topological polar surface area (TPSA) is 69.2 Å². The van der Waals surface area contributed by atoms with Crippen molar-refractivity contribution in [2.75, 3.05) is 25.2 Å². The van der Waals surface area contributed by atoms with Gasteiger partial charge in [-0.05, 0) is 80.4 Å². The van der Waals surface area contributed by atoms with Gasteiger partial charge in [-0.3, -0.25) is 4.79 Å². The minimum absolute atomic E-state index is 0.119. The average Bonchev–Trinajstić information content (AvgIpc) is 3.51. The van der Waals surface area contributed by atoms with Gasteiger partial charge in [0.15, 0.2) is 18.1 Å². The Morgan fingerprint density at radius 3 is 2.54 bits per heavy atom. The second-order valence-electron chi connectivity index (χ2n) is 8.73. The Labute approximate surface area is 250 Å². The van der Waals surface area contributed by atoms with Crippen LogP contribution in [0.1, 0.15) is 21.3 Å². The second-order valence-corrected chi connectivity index (χ2v) is 12.6. The molecule has 9 heteroatoms. The van der Waals surface area contributed by atoms with E-state index in [9.17, 15) is 4.79 Å². The quantitative estimate of drug-likeness (QED) is 0.111. The van der Waals surface area contributed by atoms with Crippen LogP contribution in [0.25, 0.3) is 10.8 Å². The highest BCUT2D eigenvalue weighted by Gasteiger charge is 2.18. The van der Waals surface area contributed by atoms with Gasteiger partial charge in [0.2, 0.25) is 0 Å².